The van der Waals surface area contributed by atoms with Gasteiger partial charge in [-0.05, 0) is 86.2 Å². The molecular weight excluding hydrogens is 582 g/mol. The average Bonchev–Trinajstić information content (AvgIpc) is 3.31. The SMILES string of the molecule is CCN(CC)CCN(C(=O)c1ccc(NS(=O)(=O)c2ccc(F)cc2)cc1)c1nc2c(C)cc(Cl)cc2s1.Cl. The number of fused-ring (bicyclic) bond motifs is 1. The fourth-order valence-corrected chi connectivity index (χ4v) is 6.49. The Kier molecular flexibility index (Phi) is 10.3. The van der Waals surface area contributed by atoms with Gasteiger partial charge in [0.05, 0.1) is 15.1 Å². The molecule has 12 heteroatoms. The predicted octanol–water partition coefficient (Wildman–Crippen LogP) is 6.61. The minimum atomic E-state index is -3.91. The second kappa shape index (κ2) is 13.1. The highest BCUT2D eigenvalue weighted by atomic mass is 35.5. The molecule has 0 bridgehead atoms. The van der Waals surface area contributed by atoms with Crippen LogP contribution in [0.5, 0.6) is 0 Å². The van der Waals surface area contributed by atoms with Crippen LogP contribution in [0.2, 0.25) is 5.02 Å². The van der Waals surface area contributed by atoms with Gasteiger partial charge in [0, 0.05) is 29.4 Å². The minimum Gasteiger partial charge on any atom is -0.302 e. The van der Waals surface area contributed by atoms with E-state index in [0.717, 1.165) is 41.0 Å². The number of aromatic nitrogens is 1. The molecule has 0 spiro atoms. The van der Waals surface area contributed by atoms with Gasteiger partial charge in [0.1, 0.15) is 5.82 Å². The number of amides is 1. The van der Waals surface area contributed by atoms with Gasteiger partial charge in [-0.1, -0.05) is 36.8 Å². The van der Waals surface area contributed by atoms with Crippen LogP contribution in [-0.4, -0.2) is 50.4 Å². The third kappa shape index (κ3) is 7.26. The van der Waals surface area contributed by atoms with Crippen molar-refractivity contribution < 1.29 is 17.6 Å². The lowest BCUT2D eigenvalue weighted by molar-refractivity contribution is 0.0984. The summed E-state index contributed by atoms with van der Waals surface area (Å²) >= 11 is 7.65. The van der Waals surface area contributed by atoms with Gasteiger partial charge in [0.15, 0.2) is 5.13 Å². The lowest BCUT2D eigenvalue weighted by Crippen LogP contribution is -2.38. The Morgan fingerprint density at radius 3 is 2.28 bits per heavy atom. The summed E-state index contributed by atoms with van der Waals surface area (Å²) in [6, 6.07) is 14.4. The van der Waals surface area contributed by atoms with Gasteiger partial charge in [0.25, 0.3) is 15.9 Å². The molecule has 1 heterocycles. The van der Waals surface area contributed by atoms with E-state index in [1.165, 1.54) is 35.6 Å². The molecular formula is C27H29Cl2FN4O3S2. The third-order valence-electron chi connectivity index (χ3n) is 6.16. The van der Waals surface area contributed by atoms with Crippen molar-refractivity contribution in [2.45, 2.75) is 25.7 Å². The van der Waals surface area contributed by atoms with Gasteiger partial charge < -0.3 is 4.90 Å². The zero-order valence-electron chi connectivity index (χ0n) is 21.6. The Bertz CT molecular complexity index is 1540. The number of hydrogen-bond donors (Lipinski definition) is 1. The number of anilines is 2. The van der Waals surface area contributed by atoms with E-state index < -0.39 is 15.8 Å². The number of rotatable bonds is 10. The summed E-state index contributed by atoms with van der Waals surface area (Å²) in [4.78, 5) is 22.3. The van der Waals surface area contributed by atoms with Crippen LogP contribution >= 0.6 is 35.3 Å². The number of benzene rings is 3. The Morgan fingerprint density at radius 2 is 1.67 bits per heavy atom. The largest absolute Gasteiger partial charge is 0.302 e. The topological polar surface area (TPSA) is 82.6 Å². The van der Waals surface area contributed by atoms with E-state index in [2.05, 4.69) is 23.5 Å². The van der Waals surface area contributed by atoms with E-state index in [0.29, 0.717) is 28.8 Å². The van der Waals surface area contributed by atoms with Crippen molar-refractivity contribution in [1.82, 2.24) is 9.88 Å². The number of sulfonamides is 1. The van der Waals surface area contributed by atoms with Crippen LogP contribution < -0.4 is 9.62 Å². The van der Waals surface area contributed by atoms with Crippen molar-refractivity contribution in [3.63, 3.8) is 0 Å². The minimum absolute atomic E-state index is 0. The Labute approximate surface area is 243 Å². The average molecular weight is 612 g/mol. The second-order valence-corrected chi connectivity index (χ2v) is 11.8. The zero-order valence-corrected chi connectivity index (χ0v) is 24.9. The van der Waals surface area contributed by atoms with E-state index in [4.69, 9.17) is 16.6 Å². The first-order valence-electron chi connectivity index (χ1n) is 12.1. The molecule has 0 atom stereocenters. The highest BCUT2D eigenvalue weighted by Crippen LogP contribution is 2.33. The van der Waals surface area contributed by atoms with E-state index in [1.54, 1.807) is 17.0 Å². The van der Waals surface area contributed by atoms with Crippen molar-refractivity contribution in [2.75, 3.05) is 35.8 Å². The van der Waals surface area contributed by atoms with Gasteiger partial charge in [-0.2, -0.15) is 0 Å². The van der Waals surface area contributed by atoms with Crippen molar-refractivity contribution in [3.05, 3.63) is 82.6 Å². The molecule has 0 saturated heterocycles. The highest BCUT2D eigenvalue weighted by Gasteiger charge is 2.23. The monoisotopic (exact) mass is 610 g/mol. The molecule has 1 N–H and O–H groups in total. The number of likely N-dealkylation sites (N-methyl/N-ethyl adjacent to an activating group) is 1. The van der Waals surface area contributed by atoms with Crippen LogP contribution in [0.25, 0.3) is 10.2 Å². The summed E-state index contributed by atoms with van der Waals surface area (Å²) < 4.78 is 41.8. The maximum atomic E-state index is 13.7. The van der Waals surface area contributed by atoms with Crippen molar-refractivity contribution >= 4 is 72.3 Å². The quantitative estimate of drug-likeness (QED) is 0.218. The lowest BCUT2D eigenvalue weighted by atomic mass is 10.2. The van der Waals surface area contributed by atoms with Crippen molar-refractivity contribution in [3.8, 4) is 0 Å². The Balaban J connectivity index is 0.00000420. The van der Waals surface area contributed by atoms with Crippen molar-refractivity contribution in [1.29, 1.82) is 0 Å². The Morgan fingerprint density at radius 1 is 1.03 bits per heavy atom. The molecule has 0 unspecified atom stereocenters. The highest BCUT2D eigenvalue weighted by molar-refractivity contribution is 7.92. The molecule has 39 heavy (non-hydrogen) atoms. The molecule has 1 aromatic heterocycles. The first kappa shape index (κ1) is 30.8. The molecule has 7 nitrogen and oxygen atoms in total. The summed E-state index contributed by atoms with van der Waals surface area (Å²) in [6.07, 6.45) is 0. The van der Waals surface area contributed by atoms with E-state index >= 15 is 0 Å². The maximum absolute atomic E-state index is 13.7. The molecule has 3 aromatic carbocycles. The molecule has 0 aliphatic rings. The molecule has 0 saturated carbocycles. The van der Waals surface area contributed by atoms with Crippen LogP contribution in [0.15, 0.2) is 65.6 Å². The van der Waals surface area contributed by atoms with E-state index in [-0.39, 0.29) is 28.9 Å². The van der Waals surface area contributed by atoms with E-state index in [9.17, 15) is 17.6 Å². The summed E-state index contributed by atoms with van der Waals surface area (Å²) in [7, 11) is -3.91. The van der Waals surface area contributed by atoms with Crippen LogP contribution in [0.1, 0.15) is 29.8 Å². The fourth-order valence-electron chi connectivity index (χ4n) is 3.99. The van der Waals surface area contributed by atoms with Gasteiger partial charge in [0.2, 0.25) is 0 Å². The Hall–Kier alpha value is -2.76. The number of hydrogen-bond acceptors (Lipinski definition) is 6. The standard InChI is InChI=1S/C27H28ClFN4O3S2.ClH/c1-4-32(5-2)14-15-33(27-30-25-18(3)16-20(28)17-24(25)37-27)26(34)19-6-10-22(11-7-19)31-38(35,36)23-12-8-21(29)9-13-23;/h6-13,16-17,31H,4-5,14-15H2,1-3H3;1H. The number of thiazole rings is 1. The van der Waals surface area contributed by atoms with Crippen LogP contribution in [0.4, 0.5) is 15.2 Å². The maximum Gasteiger partial charge on any atom is 0.261 e. The fraction of sp³-hybridized carbons (Fsp3) is 0.259. The number of nitrogens with one attached hydrogen (secondary N) is 1. The molecule has 1 amide bonds. The van der Waals surface area contributed by atoms with Crippen molar-refractivity contribution in [2.24, 2.45) is 0 Å². The molecule has 0 aliphatic carbocycles. The zero-order chi connectivity index (χ0) is 27.4. The lowest BCUT2D eigenvalue weighted by Gasteiger charge is -2.24. The van der Waals surface area contributed by atoms with Crippen LogP contribution in [0, 0.1) is 12.7 Å². The first-order valence-corrected chi connectivity index (χ1v) is 14.8. The molecule has 0 radical (unpaired) electrons. The smallest absolute Gasteiger partial charge is 0.261 e. The molecule has 0 fully saturated rings. The van der Waals surface area contributed by atoms with Crippen LogP contribution in [0.3, 0.4) is 0 Å². The summed E-state index contributed by atoms with van der Waals surface area (Å²) in [5.74, 6) is -0.767. The summed E-state index contributed by atoms with van der Waals surface area (Å²) in [6.45, 7) is 8.91. The van der Waals surface area contributed by atoms with E-state index in [1.807, 2.05) is 19.1 Å². The number of aryl methyl sites for hydroxylation is 1. The summed E-state index contributed by atoms with van der Waals surface area (Å²) in [5.41, 5.74) is 2.42. The predicted molar refractivity (Wildman–Crippen MR) is 160 cm³/mol. The van der Waals surface area contributed by atoms with Crippen LogP contribution in [-0.2, 0) is 10.0 Å². The number of halogens is 3. The number of carbonyl (C=O) groups excluding carboxylic acids is 1. The molecule has 208 valence electrons. The number of carbonyl (C=O) groups is 1. The normalized spacial score (nSPS) is 11.4. The molecule has 0 aliphatic heterocycles. The van der Waals surface area contributed by atoms with Gasteiger partial charge in [-0.15, -0.1) is 12.4 Å². The second-order valence-electron chi connectivity index (χ2n) is 8.69. The summed E-state index contributed by atoms with van der Waals surface area (Å²) in [5, 5.41) is 1.19. The molecule has 4 aromatic rings. The van der Waals surface area contributed by atoms with Gasteiger partial charge in [-0.3, -0.25) is 14.4 Å². The molecule has 4 rings (SSSR count). The first-order chi connectivity index (χ1) is 18.1. The van der Waals surface area contributed by atoms with Gasteiger partial charge >= 0.3 is 0 Å². The third-order valence-corrected chi connectivity index (χ3v) is 8.80. The van der Waals surface area contributed by atoms with Gasteiger partial charge in [-0.25, -0.2) is 17.8 Å². The number of nitrogens with zero attached hydrogens (tertiary/aromatic N) is 3.